The minimum Gasteiger partial charge on any atom is -0.504 e. The summed E-state index contributed by atoms with van der Waals surface area (Å²) in [4.78, 5) is 0. The topological polar surface area (TPSA) is 38.0 Å². The van der Waals surface area contributed by atoms with Gasteiger partial charge in [0.25, 0.3) is 0 Å². The van der Waals surface area contributed by atoms with Crippen molar-refractivity contribution in [1.29, 1.82) is 0 Å². The van der Waals surface area contributed by atoms with Crippen LogP contribution in [0.3, 0.4) is 0 Å². The van der Waals surface area contributed by atoms with E-state index in [1.807, 2.05) is 0 Å². The van der Waals surface area contributed by atoms with Gasteiger partial charge in [0, 0.05) is 5.56 Å². The van der Waals surface area contributed by atoms with Crippen molar-refractivity contribution < 1.29 is 13.9 Å². The van der Waals surface area contributed by atoms with Gasteiger partial charge in [0.05, 0.1) is 12.2 Å². The molecule has 0 spiro atoms. The number of hydrogen-bond donors (Lipinski definition) is 1. The van der Waals surface area contributed by atoms with Crippen LogP contribution in [0, 0.1) is 25.5 Å². The summed E-state index contributed by atoms with van der Waals surface area (Å²) in [7, 11) is 0. The molecule has 0 aliphatic rings. The van der Waals surface area contributed by atoms with Gasteiger partial charge in [0.1, 0.15) is 5.69 Å². The summed E-state index contributed by atoms with van der Waals surface area (Å²) in [5.74, 6) is -1.67. The number of aromatic hydroxyl groups is 1. The van der Waals surface area contributed by atoms with E-state index in [0.29, 0.717) is 11.4 Å². The summed E-state index contributed by atoms with van der Waals surface area (Å²) in [5, 5.41) is 13.6. The second kappa shape index (κ2) is 4.16. The molecule has 0 saturated heterocycles. The van der Waals surface area contributed by atoms with Crippen LogP contribution in [-0.4, -0.2) is 14.9 Å². The van der Waals surface area contributed by atoms with E-state index in [1.54, 1.807) is 13.8 Å². The smallest absolute Gasteiger partial charge is 0.163 e. The van der Waals surface area contributed by atoms with E-state index in [-0.39, 0.29) is 17.9 Å². The van der Waals surface area contributed by atoms with E-state index in [0.717, 1.165) is 6.07 Å². The zero-order chi connectivity index (χ0) is 12.6. The van der Waals surface area contributed by atoms with Crippen molar-refractivity contribution in [3.8, 4) is 5.75 Å². The Labute approximate surface area is 97.3 Å². The Morgan fingerprint density at radius 3 is 2.59 bits per heavy atom. The van der Waals surface area contributed by atoms with Crippen LogP contribution in [0.4, 0.5) is 8.78 Å². The second-order valence-corrected chi connectivity index (χ2v) is 3.89. The lowest BCUT2D eigenvalue weighted by molar-refractivity contribution is 0.464. The Morgan fingerprint density at radius 1 is 1.29 bits per heavy atom. The Bertz CT molecular complexity index is 564. The molecule has 0 radical (unpaired) electrons. The fourth-order valence-corrected chi connectivity index (χ4v) is 1.67. The van der Waals surface area contributed by atoms with E-state index in [9.17, 15) is 13.9 Å². The number of rotatable bonds is 2. The molecule has 1 aromatic heterocycles. The number of nitrogens with zero attached hydrogens (tertiary/aromatic N) is 2. The van der Waals surface area contributed by atoms with Gasteiger partial charge in [-0.1, -0.05) is 12.1 Å². The molecule has 1 aromatic carbocycles. The number of hydrogen-bond acceptors (Lipinski definition) is 2. The first-order valence-corrected chi connectivity index (χ1v) is 5.16. The van der Waals surface area contributed by atoms with Crippen LogP contribution in [0.2, 0.25) is 0 Å². The van der Waals surface area contributed by atoms with Gasteiger partial charge in [0.15, 0.2) is 17.4 Å². The molecule has 0 aliphatic carbocycles. The van der Waals surface area contributed by atoms with Crippen molar-refractivity contribution in [3.05, 3.63) is 46.8 Å². The van der Waals surface area contributed by atoms with Crippen molar-refractivity contribution in [2.75, 3.05) is 0 Å². The maximum Gasteiger partial charge on any atom is 0.163 e. The van der Waals surface area contributed by atoms with Gasteiger partial charge < -0.3 is 5.11 Å². The fourth-order valence-electron chi connectivity index (χ4n) is 1.67. The average Bonchev–Trinajstić information content (AvgIpc) is 2.53. The Morgan fingerprint density at radius 2 is 2.00 bits per heavy atom. The molecular formula is C12H12F2N2O. The monoisotopic (exact) mass is 238 g/mol. The third-order valence-corrected chi connectivity index (χ3v) is 2.69. The van der Waals surface area contributed by atoms with Gasteiger partial charge in [-0.05, 0) is 19.9 Å². The van der Waals surface area contributed by atoms with E-state index >= 15 is 0 Å². The molecule has 90 valence electrons. The zero-order valence-corrected chi connectivity index (χ0v) is 9.54. The standard InChI is InChI=1S/C12H12F2N2O/c1-7-12(17)8(2)16(15-7)6-9-4-3-5-10(13)11(9)14/h3-5,17H,6H2,1-2H3. The third kappa shape index (κ3) is 2.00. The lowest BCUT2D eigenvalue weighted by Gasteiger charge is -2.06. The summed E-state index contributed by atoms with van der Waals surface area (Å²) in [6.07, 6.45) is 0. The first kappa shape index (κ1) is 11.6. The molecule has 2 rings (SSSR count). The number of aromatic nitrogens is 2. The summed E-state index contributed by atoms with van der Waals surface area (Å²) >= 11 is 0. The van der Waals surface area contributed by atoms with E-state index < -0.39 is 11.6 Å². The molecule has 1 heterocycles. The molecule has 1 N–H and O–H groups in total. The Hall–Kier alpha value is -1.91. The van der Waals surface area contributed by atoms with E-state index in [4.69, 9.17) is 0 Å². The number of aryl methyl sites for hydroxylation is 1. The normalized spacial score (nSPS) is 10.8. The lowest BCUT2D eigenvalue weighted by Crippen LogP contribution is -2.06. The minimum absolute atomic E-state index is 0.0850. The van der Waals surface area contributed by atoms with Crippen LogP contribution in [-0.2, 0) is 6.54 Å². The van der Waals surface area contributed by atoms with Crippen LogP contribution in [0.5, 0.6) is 5.75 Å². The van der Waals surface area contributed by atoms with Crippen molar-refractivity contribution in [3.63, 3.8) is 0 Å². The maximum atomic E-state index is 13.4. The highest BCUT2D eigenvalue weighted by molar-refractivity contribution is 5.31. The molecule has 0 unspecified atom stereocenters. The van der Waals surface area contributed by atoms with Crippen LogP contribution in [0.15, 0.2) is 18.2 Å². The first-order valence-electron chi connectivity index (χ1n) is 5.16. The van der Waals surface area contributed by atoms with Crippen LogP contribution < -0.4 is 0 Å². The molecule has 5 heteroatoms. The zero-order valence-electron chi connectivity index (χ0n) is 9.54. The number of benzene rings is 1. The summed E-state index contributed by atoms with van der Waals surface area (Å²) in [5.41, 5.74) is 1.21. The lowest BCUT2D eigenvalue weighted by atomic mass is 10.2. The van der Waals surface area contributed by atoms with Crippen LogP contribution in [0.25, 0.3) is 0 Å². The summed E-state index contributed by atoms with van der Waals surface area (Å²) in [6.45, 7) is 3.42. The second-order valence-electron chi connectivity index (χ2n) is 3.89. The van der Waals surface area contributed by atoms with Gasteiger partial charge in [-0.3, -0.25) is 4.68 Å². The average molecular weight is 238 g/mol. The molecule has 3 nitrogen and oxygen atoms in total. The van der Waals surface area contributed by atoms with Gasteiger partial charge in [-0.25, -0.2) is 8.78 Å². The predicted molar refractivity (Wildman–Crippen MR) is 58.8 cm³/mol. The molecule has 0 fully saturated rings. The van der Waals surface area contributed by atoms with Crippen molar-refractivity contribution in [2.45, 2.75) is 20.4 Å². The first-order chi connectivity index (χ1) is 8.00. The van der Waals surface area contributed by atoms with E-state index in [2.05, 4.69) is 5.10 Å². The minimum atomic E-state index is -0.881. The van der Waals surface area contributed by atoms with E-state index in [1.165, 1.54) is 16.8 Å². The molecule has 2 aromatic rings. The van der Waals surface area contributed by atoms with Gasteiger partial charge in [0.2, 0.25) is 0 Å². The van der Waals surface area contributed by atoms with Gasteiger partial charge >= 0.3 is 0 Å². The highest BCUT2D eigenvalue weighted by atomic mass is 19.2. The molecule has 0 bridgehead atoms. The number of halogens is 2. The Kier molecular flexibility index (Phi) is 2.83. The Balaban J connectivity index is 2.38. The van der Waals surface area contributed by atoms with Crippen LogP contribution in [0.1, 0.15) is 17.0 Å². The van der Waals surface area contributed by atoms with Crippen molar-refractivity contribution in [2.24, 2.45) is 0 Å². The molecule has 0 aliphatic heterocycles. The van der Waals surface area contributed by atoms with Crippen molar-refractivity contribution in [1.82, 2.24) is 9.78 Å². The maximum absolute atomic E-state index is 13.4. The molecule has 0 atom stereocenters. The highest BCUT2D eigenvalue weighted by Crippen LogP contribution is 2.21. The molecule has 0 saturated carbocycles. The van der Waals surface area contributed by atoms with Crippen LogP contribution >= 0.6 is 0 Å². The fraction of sp³-hybridized carbons (Fsp3) is 0.250. The molecule has 17 heavy (non-hydrogen) atoms. The summed E-state index contributed by atoms with van der Waals surface area (Å²) < 4.78 is 27.9. The van der Waals surface area contributed by atoms with Gasteiger partial charge in [-0.15, -0.1) is 0 Å². The van der Waals surface area contributed by atoms with Gasteiger partial charge in [-0.2, -0.15) is 5.10 Å². The van der Waals surface area contributed by atoms with Crippen molar-refractivity contribution >= 4 is 0 Å². The predicted octanol–water partition coefficient (Wildman–Crippen LogP) is 2.53. The summed E-state index contributed by atoms with van der Waals surface area (Å²) in [6, 6.07) is 4.00. The molecule has 0 amide bonds. The third-order valence-electron chi connectivity index (χ3n) is 2.69. The highest BCUT2D eigenvalue weighted by Gasteiger charge is 2.13. The molecular weight excluding hydrogens is 226 g/mol. The largest absolute Gasteiger partial charge is 0.504 e. The SMILES string of the molecule is Cc1nn(Cc2cccc(F)c2F)c(C)c1O. The quantitative estimate of drug-likeness (QED) is 0.873.